The molecule has 2 aromatic rings. The molecule has 3 N–H and O–H groups in total. The van der Waals surface area contributed by atoms with Gasteiger partial charge in [0.2, 0.25) is 0 Å². The maximum Gasteiger partial charge on any atom is 0.326 e. The lowest BCUT2D eigenvalue weighted by Gasteiger charge is -2.20. The van der Waals surface area contributed by atoms with Gasteiger partial charge >= 0.3 is 5.97 Å². The minimum atomic E-state index is -1.00. The Bertz CT molecular complexity index is 936. The zero-order chi connectivity index (χ0) is 22.3. The Labute approximate surface area is 188 Å². The van der Waals surface area contributed by atoms with Crippen LogP contribution in [0.1, 0.15) is 47.3 Å². The van der Waals surface area contributed by atoms with Crippen LogP contribution in [0.2, 0.25) is 0 Å². The van der Waals surface area contributed by atoms with Gasteiger partial charge in [-0.15, -0.1) is 0 Å². The first kappa shape index (κ1) is 22.2. The number of fused-ring (bicyclic) bond motifs is 1. The third-order valence-corrected chi connectivity index (χ3v) is 6.41. The van der Waals surface area contributed by atoms with Gasteiger partial charge in [0, 0.05) is 43.3 Å². The predicted octanol–water partition coefficient (Wildman–Crippen LogP) is 2.36. The van der Waals surface area contributed by atoms with Crippen LogP contribution in [-0.4, -0.2) is 64.1 Å². The molecule has 0 spiro atoms. The molecule has 1 amide bonds. The van der Waals surface area contributed by atoms with Gasteiger partial charge in [-0.2, -0.15) is 0 Å². The Morgan fingerprint density at radius 2 is 2.09 bits per heavy atom. The van der Waals surface area contributed by atoms with Crippen molar-refractivity contribution >= 4 is 17.7 Å². The summed E-state index contributed by atoms with van der Waals surface area (Å²) in [4.78, 5) is 34.9. The number of hydrogen-bond donors (Lipinski definition) is 3. The highest BCUT2D eigenvalue weighted by molar-refractivity contribution is 5.96. The number of likely N-dealkylation sites (tertiary alicyclic amines) is 1. The molecule has 1 unspecified atom stereocenters. The highest BCUT2D eigenvalue weighted by Gasteiger charge is 2.26. The van der Waals surface area contributed by atoms with Crippen LogP contribution in [0.15, 0.2) is 36.7 Å². The summed E-state index contributed by atoms with van der Waals surface area (Å²) in [6.45, 7) is 3.59. The number of carboxylic acid groups (broad SMARTS) is 1. The normalized spacial score (nSPS) is 19.1. The van der Waals surface area contributed by atoms with Gasteiger partial charge in [-0.1, -0.05) is 6.07 Å². The van der Waals surface area contributed by atoms with Crippen LogP contribution in [-0.2, 0) is 17.6 Å². The van der Waals surface area contributed by atoms with Gasteiger partial charge in [-0.3, -0.25) is 9.78 Å². The van der Waals surface area contributed by atoms with Crippen LogP contribution >= 0.6 is 0 Å². The second-order valence-corrected chi connectivity index (χ2v) is 8.72. The highest BCUT2D eigenvalue weighted by atomic mass is 16.4. The first-order chi connectivity index (χ1) is 15.6. The summed E-state index contributed by atoms with van der Waals surface area (Å²) in [5.41, 5.74) is 2.87. The highest BCUT2D eigenvalue weighted by Crippen LogP contribution is 2.24. The number of amides is 1. The van der Waals surface area contributed by atoms with Gasteiger partial charge in [0.05, 0.1) is 0 Å². The van der Waals surface area contributed by atoms with Crippen LogP contribution < -0.4 is 10.6 Å². The number of rotatable bonds is 9. The second-order valence-electron chi connectivity index (χ2n) is 8.72. The zero-order valence-electron chi connectivity index (χ0n) is 18.3. The number of pyridine rings is 2. The molecule has 0 radical (unpaired) electrons. The minimum Gasteiger partial charge on any atom is -0.480 e. The van der Waals surface area contributed by atoms with Crippen LogP contribution in [0, 0.1) is 5.92 Å². The molecule has 8 heteroatoms. The van der Waals surface area contributed by atoms with E-state index in [4.69, 9.17) is 4.98 Å². The minimum absolute atomic E-state index is 0.383. The molecule has 8 nitrogen and oxygen atoms in total. The summed E-state index contributed by atoms with van der Waals surface area (Å²) in [5.74, 6) is 0.257. The number of aromatic nitrogens is 2. The molecular weight excluding hydrogens is 406 g/mol. The van der Waals surface area contributed by atoms with E-state index >= 15 is 0 Å². The molecule has 2 aliphatic rings. The van der Waals surface area contributed by atoms with Crippen molar-refractivity contribution in [3.63, 3.8) is 0 Å². The topological polar surface area (TPSA) is 107 Å². The van der Waals surface area contributed by atoms with E-state index < -0.39 is 12.0 Å². The molecule has 2 atom stereocenters. The molecule has 0 aromatic carbocycles. The molecule has 32 heavy (non-hydrogen) atoms. The Morgan fingerprint density at radius 1 is 1.25 bits per heavy atom. The molecular formula is C24H31N5O3. The smallest absolute Gasteiger partial charge is 0.326 e. The summed E-state index contributed by atoms with van der Waals surface area (Å²) in [6, 6.07) is 6.61. The molecule has 2 aromatic heterocycles. The summed E-state index contributed by atoms with van der Waals surface area (Å²) >= 11 is 0. The Morgan fingerprint density at radius 3 is 2.91 bits per heavy atom. The van der Waals surface area contributed by atoms with E-state index in [1.165, 1.54) is 24.4 Å². The van der Waals surface area contributed by atoms with Crippen molar-refractivity contribution in [3.05, 3.63) is 53.5 Å². The standard InChI is InChI=1S/C24H31N5O3/c30-23(19-7-12-25-13-8-19)28-21(24(31)32)10-15-29-14-9-17(16-29)3-5-20-6-4-18-2-1-11-26-22(18)27-20/h4,6-8,12-13,17,21H,1-3,5,9-11,14-16H2,(H,26,27)(H,28,30)(H,31,32)/t17-,21?/m1/s1. The maximum atomic E-state index is 12.3. The van der Waals surface area contributed by atoms with Crippen LogP contribution in [0.3, 0.4) is 0 Å². The van der Waals surface area contributed by atoms with Gasteiger partial charge in [0.1, 0.15) is 11.9 Å². The largest absolute Gasteiger partial charge is 0.480 e. The van der Waals surface area contributed by atoms with Crippen molar-refractivity contribution in [1.82, 2.24) is 20.2 Å². The number of aliphatic carboxylic acids is 1. The predicted molar refractivity (Wildman–Crippen MR) is 122 cm³/mol. The van der Waals surface area contributed by atoms with Crippen molar-refractivity contribution in [2.75, 3.05) is 31.5 Å². The van der Waals surface area contributed by atoms with E-state index in [-0.39, 0.29) is 5.91 Å². The first-order valence-electron chi connectivity index (χ1n) is 11.5. The third-order valence-electron chi connectivity index (χ3n) is 6.41. The second kappa shape index (κ2) is 10.5. The van der Waals surface area contributed by atoms with Crippen molar-refractivity contribution in [1.29, 1.82) is 0 Å². The molecule has 1 fully saturated rings. The van der Waals surface area contributed by atoms with E-state index in [1.54, 1.807) is 12.1 Å². The van der Waals surface area contributed by atoms with Gasteiger partial charge in [0.15, 0.2) is 0 Å². The lowest BCUT2D eigenvalue weighted by molar-refractivity contribution is -0.139. The number of carboxylic acids is 1. The maximum absolute atomic E-state index is 12.3. The Hall–Kier alpha value is -3.00. The number of nitrogens with one attached hydrogen (secondary N) is 2. The summed E-state index contributed by atoms with van der Waals surface area (Å²) in [6.07, 6.45) is 8.87. The van der Waals surface area contributed by atoms with Gasteiger partial charge in [-0.05, 0) is 74.8 Å². The molecule has 4 rings (SSSR count). The van der Waals surface area contributed by atoms with Crippen molar-refractivity contribution in [3.8, 4) is 0 Å². The molecule has 0 saturated carbocycles. The molecule has 170 valence electrons. The van der Waals surface area contributed by atoms with E-state index in [0.717, 1.165) is 56.8 Å². The summed E-state index contributed by atoms with van der Waals surface area (Å²) in [7, 11) is 0. The van der Waals surface area contributed by atoms with E-state index in [2.05, 4.69) is 32.7 Å². The summed E-state index contributed by atoms with van der Waals surface area (Å²) in [5, 5.41) is 15.6. The molecule has 0 bridgehead atoms. The number of carbonyl (C=O) groups is 2. The Balaban J connectivity index is 1.22. The van der Waals surface area contributed by atoms with Crippen molar-refractivity contribution in [2.24, 2.45) is 5.92 Å². The first-order valence-corrected chi connectivity index (χ1v) is 11.5. The Kier molecular flexibility index (Phi) is 7.32. The quantitative estimate of drug-likeness (QED) is 0.553. The van der Waals surface area contributed by atoms with Crippen molar-refractivity contribution < 1.29 is 14.7 Å². The molecule has 1 saturated heterocycles. The molecule has 2 aliphatic heterocycles. The van der Waals surface area contributed by atoms with E-state index in [9.17, 15) is 14.7 Å². The van der Waals surface area contributed by atoms with E-state index in [0.29, 0.717) is 24.4 Å². The van der Waals surface area contributed by atoms with Gasteiger partial charge in [0.25, 0.3) is 5.91 Å². The van der Waals surface area contributed by atoms with Crippen LogP contribution in [0.25, 0.3) is 0 Å². The van der Waals surface area contributed by atoms with Crippen molar-refractivity contribution in [2.45, 2.75) is 44.6 Å². The van der Waals surface area contributed by atoms with Crippen LogP contribution in [0.4, 0.5) is 5.82 Å². The number of carbonyl (C=O) groups excluding carboxylic acids is 1. The number of aryl methyl sites for hydroxylation is 2. The van der Waals surface area contributed by atoms with Crippen LogP contribution in [0.5, 0.6) is 0 Å². The number of anilines is 1. The van der Waals surface area contributed by atoms with Gasteiger partial charge < -0.3 is 20.6 Å². The SMILES string of the molecule is O=C(NC(CCN1CC[C@@H](CCc2ccc3c(n2)NCCC3)C1)C(=O)O)c1ccncc1. The fourth-order valence-electron chi connectivity index (χ4n) is 4.53. The average Bonchev–Trinajstić information content (AvgIpc) is 3.28. The lowest BCUT2D eigenvalue weighted by atomic mass is 10.00. The van der Waals surface area contributed by atoms with E-state index in [1.807, 2.05) is 0 Å². The molecule has 4 heterocycles. The monoisotopic (exact) mass is 437 g/mol. The number of nitrogens with zero attached hydrogens (tertiary/aromatic N) is 3. The third kappa shape index (κ3) is 5.82. The van der Waals surface area contributed by atoms with Gasteiger partial charge in [-0.25, -0.2) is 9.78 Å². The fraction of sp³-hybridized carbons (Fsp3) is 0.500. The number of hydrogen-bond acceptors (Lipinski definition) is 6. The average molecular weight is 438 g/mol. The summed E-state index contributed by atoms with van der Waals surface area (Å²) < 4.78 is 0. The lowest BCUT2D eigenvalue weighted by Crippen LogP contribution is -2.43. The zero-order valence-corrected chi connectivity index (χ0v) is 18.3. The fourth-order valence-corrected chi connectivity index (χ4v) is 4.53. The molecule has 0 aliphatic carbocycles.